The van der Waals surface area contributed by atoms with Crippen molar-refractivity contribution in [2.24, 2.45) is 0 Å². The Labute approximate surface area is 198 Å². The van der Waals surface area contributed by atoms with Gasteiger partial charge in [-0.15, -0.1) is 0 Å². The van der Waals surface area contributed by atoms with Crippen LogP contribution >= 0.6 is 0 Å². The van der Waals surface area contributed by atoms with Gasteiger partial charge in [0.15, 0.2) is 0 Å². The van der Waals surface area contributed by atoms with Gasteiger partial charge in [0, 0.05) is 25.8 Å². The molecule has 1 aromatic heterocycles. The van der Waals surface area contributed by atoms with Crippen LogP contribution < -0.4 is 0 Å². The second-order valence-corrected chi connectivity index (χ2v) is 8.35. The molecule has 178 valence electrons. The molecule has 2 aromatic carbocycles. The number of esters is 1. The fourth-order valence-electron chi connectivity index (χ4n) is 4.19. The first-order valence-corrected chi connectivity index (χ1v) is 11.5. The van der Waals surface area contributed by atoms with Crippen LogP contribution in [0, 0.1) is 11.6 Å². The Morgan fingerprint density at radius 2 is 1.79 bits per heavy atom. The van der Waals surface area contributed by atoms with E-state index in [4.69, 9.17) is 9.47 Å². The van der Waals surface area contributed by atoms with Crippen LogP contribution in [0.25, 0.3) is 0 Å². The van der Waals surface area contributed by atoms with Crippen molar-refractivity contribution >= 4 is 5.97 Å². The predicted molar refractivity (Wildman–Crippen MR) is 124 cm³/mol. The standard InChI is InChI=1S/C27H28F2N2O3/c1-2-33-27(32)21-10-13-30-24(17-21)18-31-14-11-25(12-15-31)34-26(19-6-8-22(28)9-7-19)20-4-3-5-23(29)16-20/h3-10,13,16-17,25-26H,2,11-12,14-15,18H2,1H3. The van der Waals surface area contributed by atoms with Crippen LogP contribution in [0.3, 0.4) is 0 Å². The van der Waals surface area contributed by atoms with Crippen LogP contribution in [-0.4, -0.2) is 41.7 Å². The Kier molecular flexibility index (Phi) is 7.98. The first-order chi connectivity index (χ1) is 16.5. The van der Waals surface area contributed by atoms with Gasteiger partial charge in [0.25, 0.3) is 0 Å². The molecule has 0 spiro atoms. The fourth-order valence-corrected chi connectivity index (χ4v) is 4.19. The molecule has 1 saturated heterocycles. The summed E-state index contributed by atoms with van der Waals surface area (Å²) in [5, 5.41) is 0. The smallest absolute Gasteiger partial charge is 0.338 e. The largest absolute Gasteiger partial charge is 0.462 e. The van der Waals surface area contributed by atoms with Gasteiger partial charge < -0.3 is 9.47 Å². The Bertz CT molecular complexity index is 1100. The van der Waals surface area contributed by atoms with Crippen molar-refractivity contribution in [1.82, 2.24) is 9.88 Å². The summed E-state index contributed by atoms with van der Waals surface area (Å²) in [6.45, 7) is 4.34. The summed E-state index contributed by atoms with van der Waals surface area (Å²) in [5.74, 6) is -1.00. The van der Waals surface area contributed by atoms with Crippen molar-refractivity contribution in [3.05, 3.63) is 101 Å². The number of rotatable bonds is 8. The molecule has 0 radical (unpaired) electrons. The van der Waals surface area contributed by atoms with Crippen molar-refractivity contribution < 1.29 is 23.0 Å². The van der Waals surface area contributed by atoms with Crippen molar-refractivity contribution in [1.29, 1.82) is 0 Å². The zero-order valence-electron chi connectivity index (χ0n) is 19.1. The first kappa shape index (κ1) is 24.0. The monoisotopic (exact) mass is 466 g/mol. The third kappa shape index (κ3) is 6.24. The van der Waals surface area contributed by atoms with Crippen molar-refractivity contribution in [3.8, 4) is 0 Å². The van der Waals surface area contributed by atoms with E-state index in [1.807, 2.05) is 6.07 Å². The molecule has 0 saturated carbocycles. The highest BCUT2D eigenvalue weighted by Crippen LogP contribution is 2.31. The lowest BCUT2D eigenvalue weighted by atomic mass is 9.99. The number of piperidine rings is 1. The molecule has 3 aromatic rings. The summed E-state index contributed by atoms with van der Waals surface area (Å²) in [6, 6.07) is 15.9. The van der Waals surface area contributed by atoms with Crippen LogP contribution in [0.15, 0.2) is 66.9 Å². The number of halogens is 2. The normalized spacial score (nSPS) is 15.7. The van der Waals surface area contributed by atoms with Crippen LogP contribution in [0.1, 0.15) is 53.0 Å². The molecule has 2 heterocycles. The number of likely N-dealkylation sites (tertiary alicyclic amines) is 1. The summed E-state index contributed by atoms with van der Waals surface area (Å²) in [4.78, 5) is 18.6. The lowest BCUT2D eigenvalue weighted by Crippen LogP contribution is -2.37. The zero-order chi connectivity index (χ0) is 23.9. The number of carbonyl (C=O) groups excluding carboxylic acids is 1. The molecule has 1 fully saturated rings. The molecule has 1 atom stereocenters. The number of pyridine rings is 1. The molecule has 34 heavy (non-hydrogen) atoms. The first-order valence-electron chi connectivity index (χ1n) is 11.5. The number of nitrogens with zero attached hydrogens (tertiary/aromatic N) is 2. The van der Waals surface area contributed by atoms with Gasteiger partial charge in [-0.3, -0.25) is 9.88 Å². The third-order valence-corrected chi connectivity index (χ3v) is 5.90. The quantitative estimate of drug-likeness (QED) is 0.422. The van der Waals surface area contributed by atoms with E-state index in [1.165, 1.54) is 24.3 Å². The van der Waals surface area contributed by atoms with Gasteiger partial charge in [0.2, 0.25) is 0 Å². The van der Waals surface area contributed by atoms with E-state index in [1.54, 1.807) is 43.5 Å². The van der Waals surface area contributed by atoms with E-state index in [-0.39, 0.29) is 23.7 Å². The van der Waals surface area contributed by atoms with E-state index in [9.17, 15) is 13.6 Å². The lowest BCUT2D eigenvalue weighted by Gasteiger charge is -2.34. The summed E-state index contributed by atoms with van der Waals surface area (Å²) < 4.78 is 38.9. The van der Waals surface area contributed by atoms with Gasteiger partial charge >= 0.3 is 5.97 Å². The van der Waals surface area contributed by atoms with Gasteiger partial charge in [0.1, 0.15) is 17.7 Å². The zero-order valence-corrected chi connectivity index (χ0v) is 19.1. The fraction of sp³-hybridized carbons (Fsp3) is 0.333. The average Bonchev–Trinajstić information content (AvgIpc) is 2.84. The van der Waals surface area contributed by atoms with Crippen LogP contribution in [0.5, 0.6) is 0 Å². The van der Waals surface area contributed by atoms with E-state index < -0.39 is 6.10 Å². The van der Waals surface area contributed by atoms with E-state index in [0.29, 0.717) is 24.3 Å². The highest BCUT2D eigenvalue weighted by molar-refractivity contribution is 5.89. The van der Waals surface area contributed by atoms with Gasteiger partial charge in [-0.2, -0.15) is 0 Å². The molecule has 4 rings (SSSR count). The van der Waals surface area contributed by atoms with Crippen LogP contribution in [0.2, 0.25) is 0 Å². The maximum Gasteiger partial charge on any atom is 0.338 e. The van der Waals surface area contributed by atoms with Crippen molar-refractivity contribution in [3.63, 3.8) is 0 Å². The number of hydrogen-bond acceptors (Lipinski definition) is 5. The summed E-state index contributed by atoms with van der Waals surface area (Å²) in [7, 11) is 0. The molecule has 1 aliphatic rings. The second-order valence-electron chi connectivity index (χ2n) is 8.35. The number of hydrogen-bond donors (Lipinski definition) is 0. The second kappa shape index (κ2) is 11.3. The highest BCUT2D eigenvalue weighted by atomic mass is 19.1. The molecular formula is C27H28F2N2O3. The Hall–Kier alpha value is -3.16. The minimum Gasteiger partial charge on any atom is -0.462 e. The molecule has 1 unspecified atom stereocenters. The number of aromatic nitrogens is 1. The van der Waals surface area contributed by atoms with Crippen molar-refractivity contribution in [2.75, 3.05) is 19.7 Å². The Morgan fingerprint density at radius 1 is 1.03 bits per heavy atom. The topological polar surface area (TPSA) is 51.7 Å². The van der Waals surface area contributed by atoms with Gasteiger partial charge in [0.05, 0.1) is 24.0 Å². The minimum absolute atomic E-state index is 0.0200. The maximum atomic E-state index is 13.9. The number of benzene rings is 2. The third-order valence-electron chi connectivity index (χ3n) is 5.90. The predicted octanol–water partition coefficient (Wildman–Crippen LogP) is 5.31. The number of ether oxygens (including phenoxy) is 2. The molecule has 0 amide bonds. The average molecular weight is 467 g/mol. The maximum absolute atomic E-state index is 13.9. The Balaban J connectivity index is 1.39. The Morgan fingerprint density at radius 3 is 2.50 bits per heavy atom. The summed E-state index contributed by atoms with van der Waals surface area (Å²) in [5.41, 5.74) is 2.81. The lowest BCUT2D eigenvalue weighted by molar-refractivity contribution is -0.0284. The van der Waals surface area contributed by atoms with E-state index >= 15 is 0 Å². The highest BCUT2D eigenvalue weighted by Gasteiger charge is 2.25. The van der Waals surface area contributed by atoms with E-state index in [2.05, 4.69) is 9.88 Å². The SMILES string of the molecule is CCOC(=O)c1ccnc(CN2CCC(OC(c3ccc(F)cc3)c3cccc(F)c3)CC2)c1. The van der Waals surface area contributed by atoms with Gasteiger partial charge in [-0.05, 0) is 67.3 Å². The minimum atomic E-state index is -0.476. The molecule has 5 nitrogen and oxygen atoms in total. The summed E-state index contributed by atoms with van der Waals surface area (Å²) in [6.07, 6.45) is 2.72. The molecule has 0 aliphatic carbocycles. The molecule has 0 N–H and O–H groups in total. The van der Waals surface area contributed by atoms with Gasteiger partial charge in [-0.25, -0.2) is 13.6 Å². The molecule has 0 bridgehead atoms. The van der Waals surface area contributed by atoms with Crippen molar-refractivity contribution in [2.45, 2.75) is 38.5 Å². The van der Waals surface area contributed by atoms with Crippen LogP contribution in [-0.2, 0) is 16.0 Å². The van der Waals surface area contributed by atoms with Crippen LogP contribution in [0.4, 0.5) is 8.78 Å². The number of carbonyl (C=O) groups is 1. The van der Waals surface area contributed by atoms with E-state index in [0.717, 1.165) is 37.2 Å². The molecule has 1 aliphatic heterocycles. The summed E-state index contributed by atoms with van der Waals surface area (Å²) >= 11 is 0. The molecular weight excluding hydrogens is 438 g/mol. The van der Waals surface area contributed by atoms with Gasteiger partial charge in [-0.1, -0.05) is 24.3 Å². The molecule has 7 heteroatoms.